The molecule has 0 aliphatic rings. The van der Waals surface area contributed by atoms with Crippen molar-refractivity contribution in [2.45, 2.75) is 57.8 Å². The molecule has 0 amide bonds. The third-order valence-electron chi connectivity index (χ3n) is 2.69. The van der Waals surface area contributed by atoms with Gasteiger partial charge in [-0.3, -0.25) is 4.18 Å². The second-order valence-corrected chi connectivity index (χ2v) is 6.28. The van der Waals surface area contributed by atoms with E-state index in [2.05, 4.69) is 4.18 Å². The van der Waals surface area contributed by atoms with Gasteiger partial charge in [-0.25, -0.2) is 0 Å². The molecule has 0 heterocycles. The predicted molar refractivity (Wildman–Crippen MR) is 72.6 cm³/mol. The number of halogens is 2. The van der Waals surface area contributed by atoms with E-state index in [-0.39, 0.29) is 6.61 Å². The molecular weight excluding hydrogens is 274 g/mol. The highest BCUT2D eigenvalue weighted by molar-refractivity contribution is 7.85. The molecule has 0 fully saturated rings. The first-order valence-corrected chi connectivity index (χ1v) is 8.59. The molecule has 0 unspecified atom stereocenters. The van der Waals surface area contributed by atoms with Crippen LogP contribution in [-0.4, -0.2) is 21.3 Å². The van der Waals surface area contributed by atoms with Crippen molar-refractivity contribution in [1.82, 2.24) is 0 Å². The smallest absolute Gasteiger partial charge is 0.266 e. The van der Waals surface area contributed by atoms with Crippen molar-refractivity contribution in [3.8, 4) is 0 Å². The second-order valence-electron chi connectivity index (χ2n) is 4.64. The lowest BCUT2D eigenvalue weighted by Gasteiger charge is -2.02. The molecule has 114 valence electrons. The Kier molecular flexibility index (Phi) is 11.1. The molecule has 3 nitrogen and oxygen atoms in total. The largest absolute Gasteiger partial charge is 0.270 e. The van der Waals surface area contributed by atoms with E-state index in [0.29, 0.717) is 6.42 Å². The van der Waals surface area contributed by atoms with E-state index in [1.165, 1.54) is 0 Å². The summed E-state index contributed by atoms with van der Waals surface area (Å²) in [5.41, 5.74) is 0. The summed E-state index contributed by atoms with van der Waals surface area (Å²) in [5, 5.41) is 0. The number of unbranched alkanes of at least 4 members (excludes halogenated alkanes) is 8. The molecule has 0 aliphatic carbocycles. The molecule has 0 N–H and O–H groups in total. The predicted octanol–water partition coefficient (Wildman–Crippen LogP) is 4.25. The Morgan fingerprint density at radius 3 is 1.89 bits per heavy atom. The average molecular weight is 298 g/mol. The van der Waals surface area contributed by atoms with Gasteiger partial charge in [-0.15, -0.1) is 0 Å². The van der Waals surface area contributed by atoms with Crippen molar-refractivity contribution in [3.63, 3.8) is 0 Å². The summed E-state index contributed by atoms with van der Waals surface area (Å²) in [6, 6.07) is 0. The van der Waals surface area contributed by atoms with Crippen LogP contribution < -0.4 is 0 Å². The van der Waals surface area contributed by atoms with Gasteiger partial charge in [0.05, 0.1) is 12.9 Å². The highest BCUT2D eigenvalue weighted by Crippen LogP contribution is 2.11. The second kappa shape index (κ2) is 11.3. The van der Waals surface area contributed by atoms with Gasteiger partial charge in [0.1, 0.15) is 0 Å². The summed E-state index contributed by atoms with van der Waals surface area (Å²) in [6.07, 6.45) is 8.77. The van der Waals surface area contributed by atoms with Gasteiger partial charge in [0.15, 0.2) is 0 Å². The molecule has 0 rings (SSSR count). The average Bonchev–Trinajstić information content (AvgIpc) is 2.28. The Bertz CT molecular complexity index is 336. The van der Waals surface area contributed by atoms with Crippen molar-refractivity contribution in [2.24, 2.45) is 0 Å². The van der Waals surface area contributed by atoms with Crippen LogP contribution in [0.4, 0.5) is 8.78 Å². The monoisotopic (exact) mass is 298 g/mol. The summed E-state index contributed by atoms with van der Waals surface area (Å²) < 4.78 is 49.3. The van der Waals surface area contributed by atoms with Gasteiger partial charge in [-0.1, -0.05) is 38.5 Å². The molecule has 0 saturated heterocycles. The van der Waals surface area contributed by atoms with E-state index < -0.39 is 16.2 Å². The van der Waals surface area contributed by atoms with Gasteiger partial charge in [0, 0.05) is 0 Å². The molecule has 0 bridgehead atoms. The Morgan fingerprint density at radius 2 is 1.42 bits per heavy atom. The van der Waals surface area contributed by atoms with E-state index in [0.717, 1.165) is 63.7 Å². The van der Waals surface area contributed by atoms with Gasteiger partial charge < -0.3 is 0 Å². The lowest BCUT2D eigenvalue weighted by Crippen LogP contribution is -2.03. The Morgan fingerprint density at radius 1 is 0.947 bits per heavy atom. The molecule has 0 spiro atoms. The fourth-order valence-corrected chi connectivity index (χ4v) is 2.15. The van der Waals surface area contributed by atoms with E-state index in [1.54, 1.807) is 0 Å². The molecule has 0 atom stereocenters. The van der Waals surface area contributed by atoms with Crippen LogP contribution in [0.1, 0.15) is 57.8 Å². The molecule has 0 aliphatic heterocycles. The van der Waals surface area contributed by atoms with Crippen LogP contribution in [0.3, 0.4) is 0 Å². The summed E-state index contributed by atoms with van der Waals surface area (Å²) >= 11 is 0. The number of rotatable bonds is 12. The summed E-state index contributed by atoms with van der Waals surface area (Å²) in [6.45, 7) is 0.264. The minimum absolute atomic E-state index is 0.264. The van der Waals surface area contributed by atoms with E-state index in [4.69, 9.17) is 0 Å². The number of hydrogen-bond acceptors (Lipinski definition) is 3. The van der Waals surface area contributed by atoms with E-state index in [1.807, 2.05) is 0 Å². The molecular formula is C13H24F2O3S. The maximum atomic E-state index is 11.7. The molecule has 0 aromatic carbocycles. The van der Waals surface area contributed by atoms with Crippen LogP contribution in [0.5, 0.6) is 0 Å². The fourth-order valence-electron chi connectivity index (χ4n) is 1.73. The highest BCUT2D eigenvalue weighted by Gasteiger charge is 2.00. The zero-order valence-electron chi connectivity index (χ0n) is 11.5. The minimum atomic E-state index is -3.30. The third kappa shape index (κ3) is 17.5. The Hall–Kier alpha value is -0.490. The van der Waals surface area contributed by atoms with Crippen molar-refractivity contribution in [2.75, 3.05) is 12.9 Å². The van der Waals surface area contributed by atoms with Gasteiger partial charge >= 0.3 is 0 Å². The van der Waals surface area contributed by atoms with Gasteiger partial charge in [-0.2, -0.15) is 17.2 Å². The van der Waals surface area contributed by atoms with E-state index in [9.17, 15) is 17.2 Å². The van der Waals surface area contributed by atoms with Gasteiger partial charge in [0.25, 0.3) is 16.2 Å². The van der Waals surface area contributed by atoms with E-state index >= 15 is 0 Å². The molecule has 0 aromatic rings. The zero-order chi connectivity index (χ0) is 14.6. The Labute approximate surface area is 115 Å². The molecule has 6 heteroatoms. The first-order valence-electron chi connectivity index (χ1n) is 6.77. The van der Waals surface area contributed by atoms with Crippen molar-refractivity contribution in [1.29, 1.82) is 0 Å². The summed E-state index contributed by atoms with van der Waals surface area (Å²) in [5.74, 6) is 0. The normalized spacial score (nSPS) is 11.5. The van der Waals surface area contributed by atoms with Crippen LogP contribution in [0, 0.1) is 0 Å². The van der Waals surface area contributed by atoms with Crippen molar-refractivity contribution < 1.29 is 21.4 Å². The minimum Gasteiger partial charge on any atom is -0.270 e. The van der Waals surface area contributed by atoms with Crippen LogP contribution in [0.2, 0.25) is 0 Å². The quantitative estimate of drug-likeness (QED) is 0.399. The highest BCUT2D eigenvalue weighted by atomic mass is 32.2. The first kappa shape index (κ1) is 18.5. The zero-order valence-corrected chi connectivity index (χ0v) is 12.4. The molecule has 19 heavy (non-hydrogen) atoms. The molecule has 0 aromatic heterocycles. The maximum absolute atomic E-state index is 11.7. The molecule has 0 saturated carbocycles. The van der Waals surface area contributed by atoms with Crippen molar-refractivity contribution in [3.05, 3.63) is 12.2 Å². The van der Waals surface area contributed by atoms with Crippen LogP contribution >= 0.6 is 0 Å². The Balaban J connectivity index is 3.13. The lowest BCUT2D eigenvalue weighted by atomic mass is 10.1. The summed E-state index contributed by atoms with van der Waals surface area (Å²) in [7, 11) is -3.30. The topological polar surface area (TPSA) is 43.4 Å². The number of allylic oxidation sites excluding steroid dienone is 1. The first-order chi connectivity index (χ1) is 8.92. The molecule has 0 radical (unpaired) electrons. The number of hydrogen-bond donors (Lipinski definition) is 0. The maximum Gasteiger partial charge on any atom is 0.266 e. The van der Waals surface area contributed by atoms with Gasteiger partial charge in [-0.05, 0) is 25.3 Å². The fraction of sp³-hybridized carbons (Fsp3) is 0.846. The SMILES string of the molecule is CS(=O)(=O)OCCCCCCCCCCC=C(F)F. The van der Waals surface area contributed by atoms with Crippen LogP contribution in [0.25, 0.3) is 0 Å². The van der Waals surface area contributed by atoms with Crippen LogP contribution in [-0.2, 0) is 14.3 Å². The standard InChI is InChI=1S/C13H24F2O3S/c1-19(16,17)18-12-10-8-6-4-2-3-5-7-9-11-13(14)15/h11H,2-10,12H2,1H3. The van der Waals surface area contributed by atoms with Crippen molar-refractivity contribution >= 4 is 10.1 Å². The van der Waals surface area contributed by atoms with Gasteiger partial charge in [0.2, 0.25) is 0 Å². The lowest BCUT2D eigenvalue weighted by molar-refractivity contribution is 0.309. The third-order valence-corrected chi connectivity index (χ3v) is 3.29. The van der Waals surface area contributed by atoms with Crippen LogP contribution in [0.15, 0.2) is 12.2 Å². The summed E-state index contributed by atoms with van der Waals surface area (Å²) in [4.78, 5) is 0.